The average Bonchev–Trinajstić information content (AvgIpc) is 2.49. The summed E-state index contributed by atoms with van der Waals surface area (Å²) < 4.78 is 28.5. The third-order valence-corrected chi connectivity index (χ3v) is 6.03. The summed E-state index contributed by atoms with van der Waals surface area (Å²) in [6.45, 7) is 6.88. The average molecular weight is 345 g/mol. The summed E-state index contributed by atoms with van der Waals surface area (Å²) >= 11 is 0. The van der Waals surface area contributed by atoms with E-state index >= 15 is 0 Å². The zero-order chi connectivity index (χ0) is 17.7. The van der Waals surface area contributed by atoms with Gasteiger partial charge in [-0.2, -0.15) is 0 Å². The van der Waals surface area contributed by atoms with Crippen molar-refractivity contribution in [3.8, 4) is 0 Å². The maximum Gasteiger partial charge on any atom is 0.357 e. The number of hydrogen-bond acceptors (Lipinski definition) is 7. The molecule has 0 atom stereocenters. The quantitative estimate of drug-likeness (QED) is 0.534. The van der Waals surface area contributed by atoms with E-state index in [0.29, 0.717) is 5.57 Å². The van der Waals surface area contributed by atoms with Crippen LogP contribution in [0.1, 0.15) is 27.7 Å². The number of hydroxylamine groups is 2. The van der Waals surface area contributed by atoms with Crippen LogP contribution in [-0.2, 0) is 23.1 Å². The number of methoxy groups -OCH3 is 1. The molecule has 0 aliphatic heterocycles. The number of rotatable bonds is 8. The zero-order valence-electron chi connectivity index (χ0n) is 14.1. The molecule has 0 bridgehead atoms. The summed E-state index contributed by atoms with van der Waals surface area (Å²) in [6.07, 6.45) is 5.67. The van der Waals surface area contributed by atoms with E-state index in [9.17, 15) is 14.6 Å². The first-order chi connectivity index (χ1) is 10.7. The molecule has 0 aromatic rings. The zero-order valence-corrected chi connectivity index (χ0v) is 15.0. The smallest absolute Gasteiger partial charge is 0.357 e. The van der Waals surface area contributed by atoms with E-state index in [4.69, 9.17) is 13.8 Å². The first-order valence-corrected chi connectivity index (χ1v) is 8.83. The van der Waals surface area contributed by atoms with Crippen LogP contribution in [0.4, 0.5) is 0 Å². The predicted octanol–water partition coefficient (Wildman–Crippen LogP) is 3.23. The van der Waals surface area contributed by atoms with E-state index in [0.717, 1.165) is 5.06 Å². The van der Waals surface area contributed by atoms with Gasteiger partial charge in [0.2, 0.25) is 5.78 Å². The topological polar surface area (TPSA) is 85.3 Å². The third-order valence-electron chi connectivity index (χ3n) is 3.29. The molecule has 1 aliphatic carbocycles. The van der Waals surface area contributed by atoms with E-state index < -0.39 is 12.9 Å². The fourth-order valence-corrected chi connectivity index (χ4v) is 3.58. The minimum Gasteiger partial charge on any atom is -0.493 e. The van der Waals surface area contributed by atoms with Crippen molar-refractivity contribution in [1.82, 2.24) is 5.06 Å². The van der Waals surface area contributed by atoms with Gasteiger partial charge in [0.25, 0.3) is 0 Å². The number of nitrogens with zero attached hydrogens (tertiary/aromatic N) is 1. The first kappa shape index (κ1) is 19.6. The molecule has 130 valence electrons. The summed E-state index contributed by atoms with van der Waals surface area (Å²) in [5.74, 6) is -0.106. The summed E-state index contributed by atoms with van der Waals surface area (Å²) in [5, 5.41) is 9.84. The molecule has 0 amide bonds. The highest BCUT2D eigenvalue weighted by atomic mass is 31.2. The lowest BCUT2D eigenvalue weighted by Gasteiger charge is -2.37. The first-order valence-electron chi connectivity index (χ1n) is 7.29. The van der Waals surface area contributed by atoms with Gasteiger partial charge in [-0.05, 0) is 51.5 Å². The second-order valence-electron chi connectivity index (χ2n) is 5.21. The lowest BCUT2D eigenvalue weighted by Crippen LogP contribution is -2.39. The highest BCUT2D eigenvalue weighted by Crippen LogP contribution is 2.60. The molecule has 0 fully saturated rings. The lowest BCUT2D eigenvalue weighted by atomic mass is 10.1. The summed E-state index contributed by atoms with van der Waals surface area (Å²) in [5.41, 5.74) is 0.511. The molecule has 0 heterocycles. The Morgan fingerprint density at radius 1 is 1.26 bits per heavy atom. The van der Waals surface area contributed by atoms with Crippen LogP contribution in [0.5, 0.6) is 0 Å². The Morgan fingerprint density at radius 3 is 2.30 bits per heavy atom. The van der Waals surface area contributed by atoms with Gasteiger partial charge in [-0.3, -0.25) is 14.6 Å². The molecule has 23 heavy (non-hydrogen) atoms. The van der Waals surface area contributed by atoms with Crippen LogP contribution in [-0.4, -0.2) is 41.7 Å². The van der Waals surface area contributed by atoms with E-state index in [1.807, 2.05) is 0 Å². The fraction of sp³-hybridized carbons (Fsp3) is 0.533. The van der Waals surface area contributed by atoms with Crippen LogP contribution in [0.25, 0.3) is 0 Å². The molecule has 0 radical (unpaired) electrons. The van der Waals surface area contributed by atoms with Gasteiger partial charge in [0.05, 0.1) is 20.3 Å². The Hall–Kier alpha value is -1.40. The number of ether oxygens (including phenoxy) is 1. The molecule has 0 aromatic carbocycles. The third kappa shape index (κ3) is 4.32. The van der Waals surface area contributed by atoms with Crippen molar-refractivity contribution in [1.29, 1.82) is 0 Å². The van der Waals surface area contributed by atoms with E-state index in [1.54, 1.807) is 27.7 Å². The van der Waals surface area contributed by atoms with Crippen molar-refractivity contribution in [2.24, 2.45) is 0 Å². The number of hydrogen-bond donors (Lipinski definition) is 1. The maximum absolute atomic E-state index is 12.9. The highest BCUT2D eigenvalue weighted by molar-refractivity contribution is 7.55. The van der Waals surface area contributed by atoms with Gasteiger partial charge in [0, 0.05) is 6.20 Å². The van der Waals surface area contributed by atoms with Crippen molar-refractivity contribution in [3.63, 3.8) is 0 Å². The van der Waals surface area contributed by atoms with Crippen LogP contribution in [0.15, 0.2) is 35.8 Å². The molecule has 0 saturated heterocycles. The molecule has 0 unspecified atom stereocenters. The van der Waals surface area contributed by atoms with Crippen molar-refractivity contribution in [2.75, 3.05) is 20.3 Å². The number of carbonyl (C=O) groups excluding carboxylic acids is 1. The molecule has 0 saturated carbocycles. The van der Waals surface area contributed by atoms with Crippen LogP contribution in [0.2, 0.25) is 0 Å². The van der Waals surface area contributed by atoms with Crippen molar-refractivity contribution in [2.45, 2.75) is 33.0 Å². The van der Waals surface area contributed by atoms with Crippen LogP contribution in [0.3, 0.4) is 0 Å². The SMILES string of the molecule is CCOP(=O)(OCC)C(C)(C)N(O)/C=C1\C=CC(=O)C(OC)=C1. The van der Waals surface area contributed by atoms with Crippen LogP contribution < -0.4 is 0 Å². The fourth-order valence-electron chi connectivity index (χ4n) is 1.88. The molecule has 7 nitrogen and oxygen atoms in total. The predicted molar refractivity (Wildman–Crippen MR) is 85.9 cm³/mol. The Kier molecular flexibility index (Phi) is 6.77. The molecule has 1 rings (SSSR count). The van der Waals surface area contributed by atoms with Gasteiger partial charge in [-0.25, -0.2) is 5.06 Å². The molecule has 0 spiro atoms. The van der Waals surface area contributed by atoms with Crippen molar-refractivity contribution in [3.05, 3.63) is 35.8 Å². The summed E-state index contributed by atoms with van der Waals surface area (Å²) in [4.78, 5) is 11.5. The van der Waals surface area contributed by atoms with E-state index in [-0.39, 0.29) is 24.8 Å². The molecule has 8 heteroatoms. The largest absolute Gasteiger partial charge is 0.493 e. The second-order valence-corrected chi connectivity index (χ2v) is 7.82. The minimum absolute atomic E-state index is 0.155. The number of ketones is 1. The Bertz CT molecular complexity index is 569. The van der Waals surface area contributed by atoms with Crippen molar-refractivity contribution < 1.29 is 28.4 Å². The Labute approximate surface area is 136 Å². The number of allylic oxidation sites excluding steroid dienone is 4. The Morgan fingerprint density at radius 2 is 1.83 bits per heavy atom. The van der Waals surface area contributed by atoms with Gasteiger partial charge in [-0.15, -0.1) is 0 Å². The van der Waals surface area contributed by atoms with Gasteiger partial charge >= 0.3 is 7.60 Å². The second kappa shape index (κ2) is 7.93. The molecule has 1 N–H and O–H groups in total. The van der Waals surface area contributed by atoms with Gasteiger partial charge in [-0.1, -0.05) is 0 Å². The minimum atomic E-state index is -3.59. The molecular weight excluding hydrogens is 321 g/mol. The highest BCUT2D eigenvalue weighted by Gasteiger charge is 2.47. The van der Waals surface area contributed by atoms with Crippen LogP contribution in [0, 0.1) is 0 Å². The maximum atomic E-state index is 12.9. The van der Waals surface area contributed by atoms with Gasteiger partial charge in [0.15, 0.2) is 11.0 Å². The van der Waals surface area contributed by atoms with Crippen molar-refractivity contribution >= 4 is 13.4 Å². The van der Waals surface area contributed by atoms with Gasteiger partial charge < -0.3 is 13.8 Å². The standard InChI is InChI=1S/C15H24NO6P/c1-6-21-23(19,22-7-2)15(3,4)16(18)11-12-8-9-13(17)14(10-12)20-5/h8-11,18H,6-7H2,1-5H3/b12-11+. The van der Waals surface area contributed by atoms with E-state index in [1.165, 1.54) is 31.5 Å². The molecule has 1 aliphatic rings. The number of carbonyl (C=O) groups is 1. The monoisotopic (exact) mass is 345 g/mol. The van der Waals surface area contributed by atoms with Crippen LogP contribution >= 0.6 is 7.60 Å². The lowest BCUT2D eigenvalue weighted by molar-refractivity contribution is -0.114. The summed E-state index contributed by atoms with van der Waals surface area (Å²) in [7, 11) is -2.20. The van der Waals surface area contributed by atoms with E-state index in [2.05, 4.69) is 0 Å². The summed E-state index contributed by atoms with van der Waals surface area (Å²) in [6, 6.07) is 0. The molecule has 0 aromatic heterocycles. The molecular formula is C15H24NO6P. The Balaban J connectivity index is 3.11. The normalized spacial score (nSPS) is 17.4. The van der Waals surface area contributed by atoms with Gasteiger partial charge in [0.1, 0.15) is 0 Å².